The third-order valence-electron chi connectivity index (χ3n) is 4.66. The molecule has 9 nitrogen and oxygen atoms in total. The molecule has 0 aliphatic heterocycles. The van der Waals surface area contributed by atoms with E-state index in [0.717, 1.165) is 46.6 Å². The first-order valence-electron chi connectivity index (χ1n) is 10.9. The van der Waals surface area contributed by atoms with Crippen molar-refractivity contribution in [3.8, 4) is 5.75 Å². The summed E-state index contributed by atoms with van der Waals surface area (Å²) in [5, 5.41) is 11.6. The van der Waals surface area contributed by atoms with E-state index in [1.165, 1.54) is 0 Å². The molecule has 186 valence electrons. The van der Waals surface area contributed by atoms with Gasteiger partial charge < -0.3 is 26.4 Å². The molecule has 6 N–H and O–H groups in total. The van der Waals surface area contributed by atoms with Gasteiger partial charge in [0.15, 0.2) is 11.9 Å². The number of ether oxygens (including phenoxy) is 1. The van der Waals surface area contributed by atoms with Crippen LogP contribution < -0.4 is 21.5 Å². The number of methoxy groups -OCH3 is 1. The highest BCUT2D eigenvalue weighted by atomic mass is 35.5. The Balaban J connectivity index is 1.57. The Bertz CT molecular complexity index is 918. The maximum Gasteiger partial charge on any atom is 0.188 e. The van der Waals surface area contributed by atoms with Crippen molar-refractivity contribution in [2.75, 3.05) is 44.8 Å². The minimum absolute atomic E-state index is 0.0719. The monoisotopic (exact) mass is 524 g/mol. The summed E-state index contributed by atoms with van der Waals surface area (Å²) < 4.78 is 5.33. The molecule has 0 aromatic carbocycles. The molecule has 0 unspecified atom stereocenters. The molecule has 2 heterocycles. The SMILES string of the molecule is COc1cccnc1CSCCN(CCCNC(N)=NCCSCc1ncccc1Cl)C(=N)N. The Morgan fingerprint density at radius 1 is 1.12 bits per heavy atom. The van der Waals surface area contributed by atoms with Crippen LogP contribution >= 0.6 is 35.1 Å². The van der Waals surface area contributed by atoms with Crippen molar-refractivity contribution in [3.63, 3.8) is 0 Å². The van der Waals surface area contributed by atoms with Crippen molar-refractivity contribution in [1.29, 1.82) is 5.41 Å². The van der Waals surface area contributed by atoms with Gasteiger partial charge in [-0.15, -0.1) is 0 Å². The fraction of sp³-hybridized carbons (Fsp3) is 0.455. The van der Waals surface area contributed by atoms with E-state index < -0.39 is 0 Å². The molecule has 0 saturated carbocycles. The number of guanidine groups is 2. The fourth-order valence-corrected chi connectivity index (χ4v) is 4.84. The van der Waals surface area contributed by atoms with Crippen LogP contribution in [0.4, 0.5) is 0 Å². The molecule has 34 heavy (non-hydrogen) atoms. The van der Waals surface area contributed by atoms with Gasteiger partial charge in [-0.1, -0.05) is 11.6 Å². The van der Waals surface area contributed by atoms with E-state index in [1.807, 2.05) is 29.2 Å². The molecule has 0 aliphatic rings. The molecule has 0 atom stereocenters. The third-order valence-corrected chi connectivity index (χ3v) is 6.90. The van der Waals surface area contributed by atoms with Crippen LogP contribution in [0.15, 0.2) is 41.7 Å². The maximum absolute atomic E-state index is 7.82. The minimum Gasteiger partial charge on any atom is -0.495 e. The van der Waals surface area contributed by atoms with Gasteiger partial charge in [-0.3, -0.25) is 20.4 Å². The number of halogens is 1. The summed E-state index contributed by atoms with van der Waals surface area (Å²) in [6, 6.07) is 7.43. The van der Waals surface area contributed by atoms with Gasteiger partial charge in [0.05, 0.1) is 30.1 Å². The molecule has 0 bridgehead atoms. The van der Waals surface area contributed by atoms with E-state index in [-0.39, 0.29) is 5.96 Å². The van der Waals surface area contributed by atoms with Gasteiger partial charge >= 0.3 is 0 Å². The molecule has 2 aromatic heterocycles. The lowest BCUT2D eigenvalue weighted by Crippen LogP contribution is -2.40. The predicted molar refractivity (Wildman–Crippen MR) is 145 cm³/mol. The average molecular weight is 525 g/mol. The molecule has 2 aromatic rings. The molecule has 0 radical (unpaired) electrons. The largest absolute Gasteiger partial charge is 0.495 e. The third kappa shape index (κ3) is 10.7. The second kappa shape index (κ2) is 16.3. The van der Waals surface area contributed by atoms with Gasteiger partial charge in [0, 0.05) is 55.0 Å². The van der Waals surface area contributed by atoms with Crippen LogP contribution in [0.3, 0.4) is 0 Å². The van der Waals surface area contributed by atoms with E-state index >= 15 is 0 Å². The summed E-state index contributed by atoms with van der Waals surface area (Å²) in [4.78, 5) is 14.8. The second-order valence-electron chi connectivity index (χ2n) is 7.11. The Morgan fingerprint density at radius 3 is 2.56 bits per heavy atom. The van der Waals surface area contributed by atoms with Crippen molar-refractivity contribution < 1.29 is 4.74 Å². The van der Waals surface area contributed by atoms with Crippen molar-refractivity contribution in [3.05, 3.63) is 53.1 Å². The molecule has 0 amide bonds. The molecule has 2 rings (SSSR count). The Hall–Kier alpha value is -2.37. The smallest absolute Gasteiger partial charge is 0.188 e. The Kier molecular flexibility index (Phi) is 13.4. The molecular formula is C22H33ClN8OS2. The van der Waals surface area contributed by atoms with Gasteiger partial charge in [0.25, 0.3) is 0 Å². The van der Waals surface area contributed by atoms with E-state index in [2.05, 4.69) is 20.3 Å². The van der Waals surface area contributed by atoms with Gasteiger partial charge in [-0.25, -0.2) is 0 Å². The maximum atomic E-state index is 7.82. The highest BCUT2D eigenvalue weighted by molar-refractivity contribution is 7.98. The number of nitrogens with zero attached hydrogens (tertiary/aromatic N) is 4. The van der Waals surface area contributed by atoms with Crippen LogP contribution in [0.1, 0.15) is 17.8 Å². The number of aliphatic imine (C=N–C) groups is 1. The number of hydrogen-bond acceptors (Lipinski definition) is 7. The molecule has 0 aliphatic carbocycles. The fourth-order valence-electron chi connectivity index (χ4n) is 2.88. The standard InChI is InChI=1S/C22H33ClN8OS2/c1-32-20-6-3-8-28-19(20)16-34-14-12-31(21(24)25)11-4-9-29-22(26)30-10-13-33-15-18-17(23)5-2-7-27-18/h2-3,5-8H,4,9-16H2,1H3,(H3,24,25)(H3,26,29,30). The Morgan fingerprint density at radius 2 is 1.82 bits per heavy atom. The number of rotatable bonds is 15. The first kappa shape index (κ1) is 27.9. The Labute approximate surface area is 215 Å². The van der Waals surface area contributed by atoms with Crippen molar-refractivity contribution in [1.82, 2.24) is 20.2 Å². The lowest BCUT2D eigenvalue weighted by molar-refractivity contribution is 0.408. The predicted octanol–water partition coefficient (Wildman–Crippen LogP) is 2.80. The molecule has 0 saturated heterocycles. The van der Waals surface area contributed by atoms with E-state index in [1.54, 1.807) is 43.0 Å². The van der Waals surface area contributed by atoms with Crippen molar-refractivity contribution >= 4 is 47.0 Å². The zero-order chi connectivity index (χ0) is 24.6. The molecule has 12 heteroatoms. The van der Waals surface area contributed by atoms with Gasteiger partial charge in [0.1, 0.15) is 5.75 Å². The normalized spacial score (nSPS) is 11.3. The summed E-state index contributed by atoms with van der Waals surface area (Å²) in [6.45, 7) is 2.64. The molecular weight excluding hydrogens is 492 g/mol. The van der Waals surface area contributed by atoms with Crippen molar-refractivity contribution in [2.45, 2.75) is 17.9 Å². The number of hydrogen-bond donors (Lipinski definition) is 4. The van der Waals surface area contributed by atoms with E-state index in [9.17, 15) is 0 Å². The summed E-state index contributed by atoms with van der Waals surface area (Å²) >= 11 is 9.55. The second-order valence-corrected chi connectivity index (χ2v) is 9.73. The van der Waals surface area contributed by atoms with Crippen LogP contribution in [0, 0.1) is 5.41 Å². The lowest BCUT2D eigenvalue weighted by atomic mass is 10.3. The minimum atomic E-state index is 0.0719. The molecule has 0 fully saturated rings. The summed E-state index contributed by atoms with van der Waals surface area (Å²) in [7, 11) is 1.65. The van der Waals surface area contributed by atoms with E-state index in [0.29, 0.717) is 37.2 Å². The summed E-state index contributed by atoms with van der Waals surface area (Å²) in [5.74, 6) is 4.44. The first-order chi connectivity index (χ1) is 16.5. The summed E-state index contributed by atoms with van der Waals surface area (Å²) in [6.07, 6.45) is 4.30. The van der Waals surface area contributed by atoms with Crippen LogP contribution in [0.25, 0.3) is 0 Å². The quantitative estimate of drug-likeness (QED) is 0.157. The van der Waals surface area contributed by atoms with Gasteiger partial charge in [-0.2, -0.15) is 23.5 Å². The lowest BCUT2D eigenvalue weighted by Gasteiger charge is -2.22. The number of thioether (sulfide) groups is 2. The number of aromatic nitrogens is 2. The highest BCUT2D eigenvalue weighted by Crippen LogP contribution is 2.20. The van der Waals surface area contributed by atoms with Gasteiger partial charge in [-0.05, 0) is 30.7 Å². The number of nitrogens with one attached hydrogen (secondary N) is 2. The number of nitrogens with two attached hydrogens (primary N) is 2. The van der Waals surface area contributed by atoms with Crippen LogP contribution in [0.5, 0.6) is 5.75 Å². The topological polar surface area (TPSA) is 139 Å². The molecule has 0 spiro atoms. The zero-order valence-electron chi connectivity index (χ0n) is 19.4. The average Bonchev–Trinajstić information content (AvgIpc) is 2.83. The number of pyridine rings is 2. The van der Waals surface area contributed by atoms with Crippen LogP contribution in [0.2, 0.25) is 5.02 Å². The van der Waals surface area contributed by atoms with Crippen LogP contribution in [-0.4, -0.2) is 71.6 Å². The first-order valence-corrected chi connectivity index (χ1v) is 13.6. The summed E-state index contributed by atoms with van der Waals surface area (Å²) in [5.41, 5.74) is 13.5. The zero-order valence-corrected chi connectivity index (χ0v) is 21.8. The van der Waals surface area contributed by atoms with E-state index in [4.69, 9.17) is 33.2 Å². The van der Waals surface area contributed by atoms with Gasteiger partial charge in [0.2, 0.25) is 0 Å². The van der Waals surface area contributed by atoms with Crippen LogP contribution in [-0.2, 0) is 11.5 Å². The highest BCUT2D eigenvalue weighted by Gasteiger charge is 2.08. The van der Waals surface area contributed by atoms with Crippen molar-refractivity contribution in [2.24, 2.45) is 16.5 Å².